The number of hydrogen-bond donors (Lipinski definition) is 2. The van der Waals surface area contributed by atoms with Crippen LogP contribution in [0.5, 0.6) is 5.75 Å². The monoisotopic (exact) mass is 514 g/mol. The highest BCUT2D eigenvalue weighted by Crippen LogP contribution is 2.23. The van der Waals surface area contributed by atoms with Crippen LogP contribution in [0.2, 0.25) is 0 Å². The first-order valence-corrected chi connectivity index (χ1v) is 9.37. The number of hydrogen-bond acceptors (Lipinski definition) is 5. The van der Waals surface area contributed by atoms with Gasteiger partial charge in [0.1, 0.15) is 12.4 Å². The first-order valence-electron chi connectivity index (χ1n) is 9.37. The summed E-state index contributed by atoms with van der Waals surface area (Å²) < 4.78 is 11.2. The van der Waals surface area contributed by atoms with Crippen molar-refractivity contribution >= 4 is 35.4 Å². The molecule has 0 atom stereocenters. The number of rotatable bonds is 8. The summed E-state index contributed by atoms with van der Waals surface area (Å²) in [4.78, 5) is 1.41. The van der Waals surface area contributed by atoms with E-state index in [0.29, 0.717) is 24.8 Å². The van der Waals surface area contributed by atoms with Gasteiger partial charge in [-0.3, -0.25) is 5.41 Å². The second-order valence-electron chi connectivity index (χ2n) is 6.63. The van der Waals surface area contributed by atoms with Crippen LogP contribution in [0.4, 0.5) is 5.69 Å². The Labute approximate surface area is 192 Å². The van der Waals surface area contributed by atoms with Crippen LogP contribution < -0.4 is 10.1 Å². The van der Waals surface area contributed by atoms with E-state index in [0.717, 1.165) is 28.1 Å². The minimum absolute atomic E-state index is 0. The number of aromatic nitrogens is 2. The summed E-state index contributed by atoms with van der Waals surface area (Å²) in [5.74, 6) is 1.35. The van der Waals surface area contributed by atoms with E-state index >= 15 is 0 Å². The van der Waals surface area contributed by atoms with E-state index in [1.54, 1.807) is 7.05 Å². The molecule has 154 valence electrons. The third-order valence-corrected chi connectivity index (χ3v) is 4.49. The fourth-order valence-electron chi connectivity index (χ4n) is 3.05. The average Bonchev–Trinajstić information content (AvgIpc) is 2.75. The van der Waals surface area contributed by atoms with Crippen LogP contribution in [-0.2, 0) is 20.2 Å². The van der Waals surface area contributed by atoms with Gasteiger partial charge in [0, 0.05) is 16.8 Å². The van der Waals surface area contributed by atoms with E-state index in [9.17, 15) is 0 Å². The maximum Gasteiger partial charge on any atom is 0.263 e. The molecule has 0 radical (unpaired) electrons. The number of aryl methyl sites for hydroxylation is 1. The van der Waals surface area contributed by atoms with Crippen molar-refractivity contribution in [2.24, 2.45) is 7.05 Å². The Balaban J connectivity index is 0.00000256. The standard InChI is InChI=1S/C23H22N4O2.HI/c1-27-26-22(29-27)15-25-21-13-6-5-12-20(21)23(24)18-10-7-11-19(14-18)28-16-17-8-3-2-4-9-17;/h2-14,24-25H,15-16H2,1H3;1H. The maximum atomic E-state index is 8.72. The normalized spacial score (nSPS) is 10.3. The molecule has 1 aromatic heterocycles. The van der Waals surface area contributed by atoms with Crippen molar-refractivity contribution in [1.29, 1.82) is 5.41 Å². The molecule has 0 bridgehead atoms. The highest BCUT2D eigenvalue weighted by molar-refractivity contribution is 14.0. The molecule has 30 heavy (non-hydrogen) atoms. The van der Waals surface area contributed by atoms with Crippen LogP contribution in [0, 0.1) is 5.41 Å². The summed E-state index contributed by atoms with van der Waals surface area (Å²) in [6, 6.07) is 25.4. The van der Waals surface area contributed by atoms with E-state index in [1.165, 1.54) is 4.85 Å². The van der Waals surface area contributed by atoms with Crippen molar-refractivity contribution in [2.45, 2.75) is 13.2 Å². The lowest BCUT2D eigenvalue weighted by Crippen LogP contribution is -2.14. The zero-order chi connectivity index (χ0) is 20.1. The molecule has 0 aliphatic rings. The number of halogens is 1. The van der Waals surface area contributed by atoms with Crippen LogP contribution in [-0.4, -0.2) is 15.7 Å². The number of nitrogens with zero attached hydrogens (tertiary/aromatic N) is 2. The van der Waals surface area contributed by atoms with E-state index in [2.05, 4.69) is 10.4 Å². The highest BCUT2D eigenvalue weighted by atomic mass is 127. The fraction of sp³-hybridized carbons (Fsp3) is 0.130. The maximum absolute atomic E-state index is 8.72. The Morgan fingerprint density at radius 3 is 2.53 bits per heavy atom. The Morgan fingerprint density at radius 1 is 1.03 bits per heavy atom. The molecule has 0 aliphatic heterocycles. The third-order valence-electron chi connectivity index (χ3n) is 4.49. The molecule has 6 nitrogen and oxygen atoms in total. The van der Waals surface area contributed by atoms with Crippen molar-refractivity contribution in [3.05, 3.63) is 101 Å². The van der Waals surface area contributed by atoms with Gasteiger partial charge < -0.3 is 14.6 Å². The summed E-state index contributed by atoms with van der Waals surface area (Å²) in [6.07, 6.45) is 0. The van der Waals surface area contributed by atoms with Gasteiger partial charge in [0.15, 0.2) is 0 Å². The molecule has 0 amide bonds. The second-order valence-corrected chi connectivity index (χ2v) is 6.63. The molecule has 0 unspecified atom stereocenters. The van der Waals surface area contributed by atoms with E-state index in [4.69, 9.17) is 14.7 Å². The fourth-order valence-corrected chi connectivity index (χ4v) is 3.05. The average molecular weight is 514 g/mol. The lowest BCUT2D eigenvalue weighted by molar-refractivity contribution is 0.143. The van der Waals surface area contributed by atoms with Crippen molar-refractivity contribution in [3.63, 3.8) is 0 Å². The summed E-state index contributed by atoms with van der Waals surface area (Å²) in [5, 5.41) is 16.1. The minimum atomic E-state index is 0. The number of ether oxygens (including phenoxy) is 1. The van der Waals surface area contributed by atoms with Crippen molar-refractivity contribution in [3.8, 4) is 5.75 Å². The predicted molar refractivity (Wildman–Crippen MR) is 128 cm³/mol. The molecular weight excluding hydrogens is 491 g/mol. The van der Waals surface area contributed by atoms with Gasteiger partial charge in [-0.25, -0.2) is 0 Å². The number of para-hydroxylation sites is 1. The number of benzene rings is 3. The predicted octanol–water partition coefficient (Wildman–Crippen LogP) is 5.24. The quantitative estimate of drug-likeness (QED) is 0.249. The molecule has 0 saturated heterocycles. The SMILES string of the molecule is Cn1nc(CNc2ccccc2C(=N)c2cccc(OCc3ccccc3)c2)o1.I. The van der Waals surface area contributed by atoms with Gasteiger partial charge in [-0.1, -0.05) is 60.7 Å². The molecule has 3 aromatic carbocycles. The number of anilines is 1. The molecule has 0 spiro atoms. The van der Waals surface area contributed by atoms with Gasteiger partial charge in [0.05, 0.1) is 19.3 Å². The second kappa shape index (κ2) is 10.1. The lowest BCUT2D eigenvalue weighted by Gasteiger charge is -2.14. The molecule has 0 aliphatic carbocycles. The number of nitrogens with one attached hydrogen (secondary N) is 2. The summed E-state index contributed by atoms with van der Waals surface area (Å²) in [6.45, 7) is 0.960. The topological polar surface area (TPSA) is 76.1 Å². The summed E-state index contributed by atoms with van der Waals surface area (Å²) in [7, 11) is 1.74. The first-order chi connectivity index (χ1) is 14.2. The van der Waals surface area contributed by atoms with Crippen molar-refractivity contribution in [2.75, 3.05) is 5.32 Å². The van der Waals surface area contributed by atoms with E-state index in [-0.39, 0.29) is 24.0 Å². The Morgan fingerprint density at radius 2 is 1.77 bits per heavy atom. The van der Waals surface area contributed by atoms with Gasteiger partial charge in [0.2, 0.25) is 0 Å². The Bertz CT molecular complexity index is 1090. The molecule has 4 rings (SSSR count). The van der Waals surface area contributed by atoms with Gasteiger partial charge >= 0.3 is 0 Å². The van der Waals surface area contributed by atoms with E-state index in [1.807, 2.05) is 78.9 Å². The molecule has 4 aromatic rings. The molecule has 2 N–H and O–H groups in total. The zero-order valence-corrected chi connectivity index (χ0v) is 18.9. The smallest absolute Gasteiger partial charge is 0.263 e. The Hall–Kier alpha value is -3.07. The van der Waals surface area contributed by atoms with Crippen molar-refractivity contribution < 1.29 is 9.26 Å². The molecule has 1 heterocycles. The van der Waals surface area contributed by atoms with Crippen molar-refractivity contribution in [1.82, 2.24) is 9.95 Å². The van der Waals surface area contributed by atoms with Gasteiger partial charge in [0.25, 0.3) is 5.89 Å². The van der Waals surface area contributed by atoms with Crippen LogP contribution in [0.3, 0.4) is 0 Å². The van der Waals surface area contributed by atoms with Gasteiger partial charge in [-0.15, -0.1) is 33.9 Å². The van der Waals surface area contributed by atoms with E-state index < -0.39 is 0 Å². The molecule has 0 saturated carbocycles. The van der Waals surface area contributed by atoms with Crippen LogP contribution in [0.15, 0.2) is 83.4 Å². The highest BCUT2D eigenvalue weighted by Gasteiger charge is 2.12. The van der Waals surface area contributed by atoms with Crippen LogP contribution >= 0.6 is 24.0 Å². The molecule has 7 heteroatoms. The third kappa shape index (κ3) is 5.29. The van der Waals surface area contributed by atoms with Gasteiger partial charge in [-0.2, -0.15) is 0 Å². The minimum Gasteiger partial charge on any atom is -0.489 e. The first kappa shape index (κ1) is 21.6. The molecular formula is C23H23IN4O2. The van der Waals surface area contributed by atoms with Gasteiger partial charge in [-0.05, 0) is 23.8 Å². The van der Waals surface area contributed by atoms with Crippen LogP contribution in [0.25, 0.3) is 0 Å². The summed E-state index contributed by atoms with van der Waals surface area (Å²) >= 11 is 0. The largest absolute Gasteiger partial charge is 0.489 e. The Kier molecular flexibility index (Phi) is 7.29. The van der Waals surface area contributed by atoms with Crippen LogP contribution in [0.1, 0.15) is 22.6 Å². The lowest BCUT2D eigenvalue weighted by atomic mass is 10.0. The summed E-state index contributed by atoms with van der Waals surface area (Å²) in [5.41, 5.74) is 3.98. The zero-order valence-electron chi connectivity index (χ0n) is 16.5. The molecule has 0 fully saturated rings.